The normalized spacial score (nSPS) is 11.3. The number of carbonyl (C=O) groups is 1. The SMILES string of the molecule is CCN(CC)c1ccc(C(F)(F)F)cc1NC(=O)COc1cc(C)on1. The molecule has 1 aromatic heterocycles. The molecule has 1 amide bonds. The molecule has 0 aliphatic rings. The highest BCUT2D eigenvalue weighted by molar-refractivity contribution is 5.95. The van der Waals surface area contributed by atoms with Crippen LogP contribution in [0.5, 0.6) is 5.88 Å². The van der Waals surface area contributed by atoms with Gasteiger partial charge in [0.1, 0.15) is 5.76 Å². The van der Waals surface area contributed by atoms with Crippen LogP contribution in [0.3, 0.4) is 0 Å². The zero-order chi connectivity index (χ0) is 19.3. The minimum absolute atomic E-state index is 0.0773. The van der Waals surface area contributed by atoms with Crippen LogP contribution < -0.4 is 15.0 Å². The molecule has 1 heterocycles. The summed E-state index contributed by atoms with van der Waals surface area (Å²) in [6, 6.07) is 4.77. The highest BCUT2D eigenvalue weighted by Gasteiger charge is 2.31. The molecule has 2 rings (SSSR count). The second-order valence-corrected chi connectivity index (χ2v) is 5.51. The molecule has 0 atom stereocenters. The van der Waals surface area contributed by atoms with E-state index in [1.54, 1.807) is 6.92 Å². The molecule has 6 nitrogen and oxygen atoms in total. The molecule has 0 aliphatic heterocycles. The molecule has 0 aliphatic carbocycles. The van der Waals surface area contributed by atoms with Crippen LogP contribution >= 0.6 is 0 Å². The molecule has 1 N–H and O–H groups in total. The monoisotopic (exact) mass is 371 g/mol. The van der Waals surface area contributed by atoms with Crippen molar-refractivity contribution in [3.05, 3.63) is 35.6 Å². The third-order valence-corrected chi connectivity index (χ3v) is 3.66. The fraction of sp³-hybridized carbons (Fsp3) is 0.412. The number of halogens is 3. The molecule has 0 fully saturated rings. The topological polar surface area (TPSA) is 67.6 Å². The average Bonchev–Trinajstić information content (AvgIpc) is 3.00. The van der Waals surface area contributed by atoms with Crippen molar-refractivity contribution in [3.8, 4) is 5.88 Å². The Morgan fingerprint density at radius 3 is 2.50 bits per heavy atom. The molecule has 26 heavy (non-hydrogen) atoms. The lowest BCUT2D eigenvalue weighted by Gasteiger charge is -2.25. The first-order chi connectivity index (χ1) is 12.2. The Labute approximate surface area is 148 Å². The number of nitrogens with zero attached hydrogens (tertiary/aromatic N) is 2. The number of nitrogens with one attached hydrogen (secondary N) is 1. The average molecular weight is 371 g/mol. The van der Waals surface area contributed by atoms with E-state index in [0.29, 0.717) is 24.5 Å². The van der Waals surface area contributed by atoms with Gasteiger partial charge in [0.15, 0.2) is 6.61 Å². The Morgan fingerprint density at radius 1 is 1.27 bits per heavy atom. The number of carbonyl (C=O) groups excluding carboxylic acids is 1. The summed E-state index contributed by atoms with van der Waals surface area (Å²) >= 11 is 0. The summed E-state index contributed by atoms with van der Waals surface area (Å²) in [6.45, 7) is 6.18. The van der Waals surface area contributed by atoms with Crippen molar-refractivity contribution in [3.63, 3.8) is 0 Å². The molecule has 0 saturated carbocycles. The number of alkyl halides is 3. The lowest BCUT2D eigenvalue weighted by Crippen LogP contribution is -2.26. The molecule has 0 spiro atoms. The van der Waals surface area contributed by atoms with Gasteiger partial charge in [-0.1, -0.05) is 0 Å². The lowest BCUT2D eigenvalue weighted by molar-refractivity contribution is -0.137. The Balaban J connectivity index is 2.19. The van der Waals surface area contributed by atoms with Gasteiger partial charge < -0.3 is 19.5 Å². The molecular weight excluding hydrogens is 351 g/mol. The second kappa shape index (κ2) is 8.11. The number of rotatable bonds is 7. The number of amides is 1. The first kappa shape index (κ1) is 19.6. The van der Waals surface area contributed by atoms with Crippen molar-refractivity contribution in [1.82, 2.24) is 5.16 Å². The summed E-state index contributed by atoms with van der Waals surface area (Å²) in [4.78, 5) is 14.0. The third-order valence-electron chi connectivity index (χ3n) is 3.66. The van der Waals surface area contributed by atoms with Crippen molar-refractivity contribution >= 4 is 17.3 Å². The molecular formula is C17H20F3N3O3. The number of hydrogen-bond acceptors (Lipinski definition) is 5. The van der Waals surface area contributed by atoms with E-state index in [2.05, 4.69) is 10.5 Å². The number of benzene rings is 1. The highest BCUT2D eigenvalue weighted by atomic mass is 19.4. The highest BCUT2D eigenvalue weighted by Crippen LogP contribution is 2.35. The number of anilines is 2. The largest absolute Gasteiger partial charge is 0.465 e. The van der Waals surface area contributed by atoms with Crippen LogP contribution in [0.1, 0.15) is 25.2 Å². The smallest absolute Gasteiger partial charge is 0.416 e. The maximum Gasteiger partial charge on any atom is 0.416 e. The van der Waals surface area contributed by atoms with Gasteiger partial charge in [-0.2, -0.15) is 13.2 Å². The third kappa shape index (κ3) is 4.90. The van der Waals surface area contributed by atoms with E-state index >= 15 is 0 Å². The van der Waals surface area contributed by atoms with Crippen LogP contribution in [0.2, 0.25) is 0 Å². The van der Waals surface area contributed by atoms with Gasteiger partial charge in [0.2, 0.25) is 0 Å². The Kier molecular flexibility index (Phi) is 6.12. The van der Waals surface area contributed by atoms with Crippen molar-refractivity contribution in [2.75, 3.05) is 29.9 Å². The molecule has 0 saturated heterocycles. The minimum Gasteiger partial charge on any atom is -0.465 e. The zero-order valence-corrected chi connectivity index (χ0v) is 14.7. The summed E-state index contributed by atoms with van der Waals surface area (Å²) in [7, 11) is 0. The number of aromatic nitrogens is 1. The summed E-state index contributed by atoms with van der Waals surface area (Å²) in [5, 5.41) is 6.06. The second-order valence-electron chi connectivity index (χ2n) is 5.51. The molecule has 1 aromatic carbocycles. The Bertz CT molecular complexity index is 755. The van der Waals surface area contributed by atoms with Gasteiger partial charge in [0.05, 0.1) is 16.9 Å². The summed E-state index contributed by atoms with van der Waals surface area (Å²) < 4.78 is 49.0. The first-order valence-corrected chi connectivity index (χ1v) is 8.06. The van der Waals surface area contributed by atoms with Gasteiger partial charge in [0, 0.05) is 19.2 Å². The van der Waals surface area contributed by atoms with Gasteiger partial charge in [-0.25, -0.2) is 0 Å². The van der Waals surface area contributed by atoms with Crippen LogP contribution in [-0.4, -0.2) is 30.8 Å². The van der Waals surface area contributed by atoms with Crippen molar-refractivity contribution in [2.45, 2.75) is 26.9 Å². The first-order valence-electron chi connectivity index (χ1n) is 8.06. The van der Waals surface area contributed by atoms with Crippen molar-refractivity contribution < 1.29 is 27.2 Å². The maximum atomic E-state index is 13.0. The minimum atomic E-state index is -4.50. The predicted molar refractivity (Wildman–Crippen MR) is 90.4 cm³/mol. The Hall–Kier alpha value is -2.71. The van der Waals surface area contributed by atoms with E-state index in [1.807, 2.05) is 18.7 Å². The standard InChI is InChI=1S/C17H20F3N3O3/c1-4-23(5-2)14-7-6-12(17(18,19)20)9-13(14)21-15(24)10-25-16-8-11(3)26-22-16/h6-9H,4-5,10H2,1-3H3,(H,21,24). The fourth-order valence-electron chi connectivity index (χ4n) is 2.39. The van der Waals surface area contributed by atoms with Gasteiger partial charge >= 0.3 is 6.18 Å². The maximum absolute atomic E-state index is 13.0. The van der Waals surface area contributed by atoms with E-state index in [1.165, 1.54) is 12.1 Å². The zero-order valence-electron chi connectivity index (χ0n) is 14.7. The molecule has 0 bridgehead atoms. The van der Waals surface area contributed by atoms with E-state index in [-0.39, 0.29) is 11.6 Å². The molecule has 0 radical (unpaired) electrons. The van der Waals surface area contributed by atoms with E-state index < -0.39 is 24.3 Å². The van der Waals surface area contributed by atoms with Crippen LogP contribution in [0, 0.1) is 6.92 Å². The van der Waals surface area contributed by atoms with Crippen molar-refractivity contribution in [1.29, 1.82) is 0 Å². The van der Waals surface area contributed by atoms with Gasteiger partial charge in [-0.05, 0) is 44.1 Å². The van der Waals surface area contributed by atoms with Gasteiger partial charge in [0.25, 0.3) is 11.8 Å². The number of aryl methyl sites for hydroxylation is 1. The molecule has 2 aromatic rings. The van der Waals surface area contributed by atoms with Gasteiger partial charge in [-0.15, -0.1) is 0 Å². The van der Waals surface area contributed by atoms with Crippen LogP contribution in [0.4, 0.5) is 24.5 Å². The van der Waals surface area contributed by atoms with Crippen LogP contribution in [-0.2, 0) is 11.0 Å². The fourth-order valence-corrected chi connectivity index (χ4v) is 2.39. The summed E-state index contributed by atoms with van der Waals surface area (Å²) in [6.07, 6.45) is -4.50. The Morgan fingerprint density at radius 2 is 1.96 bits per heavy atom. The quantitative estimate of drug-likeness (QED) is 0.800. The van der Waals surface area contributed by atoms with E-state index in [0.717, 1.165) is 12.1 Å². The number of hydrogen-bond donors (Lipinski definition) is 1. The summed E-state index contributed by atoms with van der Waals surface area (Å²) in [5.41, 5.74) is -0.251. The number of ether oxygens (including phenoxy) is 1. The van der Waals surface area contributed by atoms with Crippen molar-refractivity contribution in [2.24, 2.45) is 0 Å². The molecule has 0 unspecified atom stereocenters. The lowest BCUT2D eigenvalue weighted by atomic mass is 10.1. The summed E-state index contributed by atoms with van der Waals surface area (Å²) in [5.74, 6) is 0.0474. The molecule has 9 heteroatoms. The van der Waals surface area contributed by atoms with Gasteiger partial charge in [-0.3, -0.25) is 4.79 Å². The molecule has 142 valence electrons. The van der Waals surface area contributed by atoms with Crippen LogP contribution in [0.15, 0.2) is 28.8 Å². The predicted octanol–water partition coefficient (Wildman–Crippen LogP) is 3.87. The van der Waals surface area contributed by atoms with Crippen LogP contribution in [0.25, 0.3) is 0 Å². The van der Waals surface area contributed by atoms with E-state index in [9.17, 15) is 18.0 Å². The van der Waals surface area contributed by atoms with E-state index in [4.69, 9.17) is 9.26 Å².